The number of rotatable bonds is 4. The lowest BCUT2D eigenvalue weighted by Crippen LogP contribution is -2.37. The summed E-state index contributed by atoms with van der Waals surface area (Å²) in [4.78, 5) is 8.19. The van der Waals surface area contributed by atoms with Crippen LogP contribution in [0, 0.1) is 10.6 Å². The van der Waals surface area contributed by atoms with Gasteiger partial charge in [0.15, 0.2) is 0 Å². The van der Waals surface area contributed by atoms with Crippen LogP contribution >= 0.6 is 12.2 Å². The van der Waals surface area contributed by atoms with Gasteiger partial charge in [0.25, 0.3) is 0 Å². The monoisotopic (exact) mass is 292 g/mol. The molecule has 2 atom stereocenters. The van der Waals surface area contributed by atoms with Gasteiger partial charge in [-0.15, -0.1) is 0 Å². The zero-order valence-corrected chi connectivity index (χ0v) is 13.3. The molecule has 1 N–H and O–H groups in total. The van der Waals surface area contributed by atoms with Crippen molar-refractivity contribution in [2.24, 2.45) is 5.92 Å². The minimum atomic E-state index is -0.245. The number of nitrogens with zero attached hydrogens (tertiary/aromatic N) is 1. The lowest BCUT2D eigenvalue weighted by molar-refractivity contribution is -0.0882. The molecule has 2 unspecified atom stereocenters. The highest BCUT2D eigenvalue weighted by Gasteiger charge is 2.40. The van der Waals surface area contributed by atoms with Crippen molar-refractivity contribution >= 4 is 12.2 Å². The number of nitrogens with one attached hydrogen (secondary N) is 1. The Morgan fingerprint density at radius 3 is 2.90 bits per heavy atom. The Labute approximate surface area is 126 Å². The van der Waals surface area contributed by atoms with E-state index in [1.807, 2.05) is 6.07 Å². The number of aromatic nitrogens is 2. The molecule has 2 saturated carbocycles. The molecule has 0 bridgehead atoms. The SMILES string of the molecule is CCOC1(c2nc(=S)cc(C3CC3)[nH]2)CCCC(C)C1. The Balaban J connectivity index is 2.00. The van der Waals surface area contributed by atoms with Crippen molar-refractivity contribution in [3.05, 3.63) is 22.2 Å². The van der Waals surface area contributed by atoms with Crippen molar-refractivity contribution in [1.82, 2.24) is 9.97 Å². The fourth-order valence-electron chi connectivity index (χ4n) is 3.50. The maximum atomic E-state index is 6.20. The average molecular weight is 292 g/mol. The molecule has 0 aromatic carbocycles. The zero-order chi connectivity index (χ0) is 14.2. The molecule has 2 fully saturated rings. The van der Waals surface area contributed by atoms with Gasteiger partial charge in [-0.25, -0.2) is 4.98 Å². The van der Waals surface area contributed by atoms with E-state index in [1.165, 1.54) is 31.4 Å². The lowest BCUT2D eigenvalue weighted by atomic mass is 9.78. The average Bonchev–Trinajstić information content (AvgIpc) is 3.22. The molecular weight excluding hydrogens is 268 g/mol. The quantitative estimate of drug-likeness (QED) is 0.833. The summed E-state index contributed by atoms with van der Waals surface area (Å²) in [6.45, 7) is 5.11. The number of ether oxygens (including phenoxy) is 1. The summed E-state index contributed by atoms with van der Waals surface area (Å²) >= 11 is 5.38. The van der Waals surface area contributed by atoms with Crippen molar-refractivity contribution in [3.8, 4) is 0 Å². The first-order chi connectivity index (χ1) is 9.63. The van der Waals surface area contributed by atoms with E-state index in [-0.39, 0.29) is 5.60 Å². The lowest BCUT2D eigenvalue weighted by Gasteiger charge is -2.39. The maximum Gasteiger partial charge on any atom is 0.140 e. The van der Waals surface area contributed by atoms with E-state index < -0.39 is 0 Å². The topological polar surface area (TPSA) is 37.9 Å². The molecule has 0 amide bonds. The van der Waals surface area contributed by atoms with Crippen molar-refractivity contribution in [2.45, 2.75) is 63.9 Å². The Bertz CT molecular complexity index is 534. The predicted molar refractivity (Wildman–Crippen MR) is 82.3 cm³/mol. The summed E-state index contributed by atoms with van der Waals surface area (Å²) in [5, 5.41) is 0. The summed E-state index contributed by atoms with van der Waals surface area (Å²) in [5.74, 6) is 2.32. The second-order valence-electron chi connectivity index (χ2n) is 6.43. The summed E-state index contributed by atoms with van der Waals surface area (Å²) < 4.78 is 6.90. The van der Waals surface area contributed by atoms with Gasteiger partial charge in [-0.1, -0.05) is 25.6 Å². The van der Waals surface area contributed by atoms with Crippen LogP contribution in [0.2, 0.25) is 0 Å². The van der Waals surface area contributed by atoms with E-state index in [0.29, 0.717) is 16.5 Å². The van der Waals surface area contributed by atoms with Crippen LogP contribution in [0.3, 0.4) is 0 Å². The van der Waals surface area contributed by atoms with Gasteiger partial charge in [-0.3, -0.25) is 0 Å². The molecule has 2 aliphatic rings. The van der Waals surface area contributed by atoms with E-state index >= 15 is 0 Å². The van der Waals surface area contributed by atoms with Crippen molar-refractivity contribution in [3.63, 3.8) is 0 Å². The van der Waals surface area contributed by atoms with Crippen LogP contribution in [-0.2, 0) is 10.3 Å². The third kappa shape index (κ3) is 2.82. The van der Waals surface area contributed by atoms with Gasteiger partial charge >= 0.3 is 0 Å². The number of H-pyrrole nitrogens is 1. The number of hydrogen-bond acceptors (Lipinski definition) is 3. The van der Waals surface area contributed by atoms with E-state index in [4.69, 9.17) is 17.0 Å². The first kappa shape index (κ1) is 14.2. The van der Waals surface area contributed by atoms with Crippen LogP contribution in [0.1, 0.15) is 69.8 Å². The first-order valence-electron chi connectivity index (χ1n) is 7.88. The predicted octanol–water partition coefficient (Wildman–Crippen LogP) is 4.46. The molecule has 20 heavy (non-hydrogen) atoms. The molecule has 0 radical (unpaired) electrons. The van der Waals surface area contributed by atoms with Crippen molar-refractivity contribution in [1.29, 1.82) is 0 Å². The van der Waals surface area contributed by atoms with Gasteiger partial charge in [0.05, 0.1) is 0 Å². The van der Waals surface area contributed by atoms with Crippen molar-refractivity contribution in [2.75, 3.05) is 6.61 Å². The Morgan fingerprint density at radius 2 is 2.25 bits per heavy atom. The number of hydrogen-bond donors (Lipinski definition) is 1. The highest BCUT2D eigenvalue weighted by atomic mass is 32.1. The molecule has 1 aromatic rings. The highest BCUT2D eigenvalue weighted by Crippen LogP contribution is 2.43. The third-order valence-corrected chi connectivity index (χ3v) is 4.80. The summed E-state index contributed by atoms with van der Waals surface area (Å²) in [6.07, 6.45) is 7.14. The van der Waals surface area contributed by atoms with Crippen molar-refractivity contribution < 1.29 is 4.74 Å². The van der Waals surface area contributed by atoms with Crippen LogP contribution in [0.15, 0.2) is 6.07 Å². The summed E-state index contributed by atoms with van der Waals surface area (Å²) in [7, 11) is 0. The Morgan fingerprint density at radius 1 is 1.45 bits per heavy atom. The molecule has 110 valence electrons. The molecule has 3 nitrogen and oxygen atoms in total. The molecule has 4 heteroatoms. The molecule has 3 rings (SSSR count). The van der Waals surface area contributed by atoms with E-state index in [2.05, 4.69) is 23.8 Å². The second kappa shape index (κ2) is 5.57. The normalized spacial score (nSPS) is 30.4. The molecule has 0 saturated heterocycles. The van der Waals surface area contributed by atoms with Gasteiger partial charge in [0, 0.05) is 12.3 Å². The fourth-order valence-corrected chi connectivity index (χ4v) is 3.72. The minimum Gasteiger partial charge on any atom is -0.367 e. The number of aromatic amines is 1. The van der Waals surface area contributed by atoms with Crippen LogP contribution in [-0.4, -0.2) is 16.6 Å². The Hall–Kier alpha value is -0.740. The Kier molecular flexibility index (Phi) is 3.95. The van der Waals surface area contributed by atoms with Crippen LogP contribution < -0.4 is 0 Å². The largest absolute Gasteiger partial charge is 0.367 e. The highest BCUT2D eigenvalue weighted by molar-refractivity contribution is 7.71. The third-order valence-electron chi connectivity index (χ3n) is 4.59. The molecule has 0 aliphatic heterocycles. The minimum absolute atomic E-state index is 0.245. The van der Waals surface area contributed by atoms with E-state index in [1.54, 1.807) is 0 Å². The fraction of sp³-hybridized carbons (Fsp3) is 0.750. The van der Waals surface area contributed by atoms with Crippen LogP contribution in [0.4, 0.5) is 0 Å². The van der Waals surface area contributed by atoms with Gasteiger partial charge in [0.2, 0.25) is 0 Å². The van der Waals surface area contributed by atoms with Gasteiger partial charge < -0.3 is 9.72 Å². The molecule has 1 aromatic heterocycles. The van der Waals surface area contributed by atoms with E-state index in [9.17, 15) is 0 Å². The standard InChI is InChI=1S/C16H24N2OS/c1-3-19-16(8-4-5-11(2)10-16)15-17-13(12-6-7-12)9-14(20)18-15/h9,11-12H,3-8,10H2,1-2H3,(H,17,18,20). The van der Waals surface area contributed by atoms with Crippen LogP contribution in [0.5, 0.6) is 0 Å². The molecule has 2 aliphatic carbocycles. The zero-order valence-electron chi connectivity index (χ0n) is 12.4. The maximum absolute atomic E-state index is 6.20. The smallest absolute Gasteiger partial charge is 0.140 e. The second-order valence-corrected chi connectivity index (χ2v) is 6.84. The van der Waals surface area contributed by atoms with Gasteiger partial charge in [0.1, 0.15) is 16.1 Å². The van der Waals surface area contributed by atoms with Crippen LogP contribution in [0.25, 0.3) is 0 Å². The van der Waals surface area contributed by atoms with Gasteiger partial charge in [-0.05, 0) is 56.9 Å². The molecule has 1 heterocycles. The van der Waals surface area contributed by atoms with Gasteiger partial charge in [-0.2, -0.15) is 0 Å². The van der Waals surface area contributed by atoms with E-state index in [0.717, 1.165) is 25.3 Å². The summed E-state index contributed by atoms with van der Waals surface area (Å²) in [5.41, 5.74) is 1.02. The molecule has 0 spiro atoms. The summed E-state index contributed by atoms with van der Waals surface area (Å²) in [6, 6.07) is 2.03. The molecular formula is C16H24N2OS. The first-order valence-corrected chi connectivity index (χ1v) is 8.29.